The molecule has 0 fully saturated rings. The Morgan fingerprint density at radius 2 is 0.608 bits per heavy atom. The second-order valence-corrected chi connectivity index (χ2v) is 18.0. The summed E-state index contributed by atoms with van der Waals surface area (Å²) in [5.74, 6) is 2.09. The van der Waals surface area contributed by atoms with Crippen molar-refractivity contribution in [1.82, 2.24) is 20.4 Å². The van der Waals surface area contributed by atoms with E-state index in [-0.39, 0.29) is 21.7 Å². The van der Waals surface area contributed by atoms with Crippen molar-refractivity contribution in [3.8, 4) is 45.8 Å². The van der Waals surface area contributed by atoms with Crippen molar-refractivity contribution in [1.29, 1.82) is 0 Å². The van der Waals surface area contributed by atoms with Crippen molar-refractivity contribution in [2.45, 2.75) is 111 Å². The number of aromatic nitrogens is 4. The molecule has 0 aliphatic heterocycles. The van der Waals surface area contributed by atoms with Gasteiger partial charge in [-0.25, -0.2) is 0 Å². The van der Waals surface area contributed by atoms with Crippen LogP contribution in [0, 0.1) is 0 Å². The average Bonchev–Trinajstić information content (AvgIpc) is 3.75. The summed E-state index contributed by atoms with van der Waals surface area (Å²) < 4.78 is 12.5. The van der Waals surface area contributed by atoms with Crippen LogP contribution in [0.2, 0.25) is 0 Å². The Kier molecular flexibility index (Phi) is 9.20. The van der Waals surface area contributed by atoms with Gasteiger partial charge in [-0.15, -0.1) is 20.4 Å². The van der Waals surface area contributed by atoms with Gasteiger partial charge >= 0.3 is 0 Å². The number of benzene rings is 4. The van der Waals surface area contributed by atoms with Gasteiger partial charge in [0.2, 0.25) is 23.6 Å². The fraction of sp³-hybridized carbons (Fsp3) is 0.378. The van der Waals surface area contributed by atoms with Crippen LogP contribution in [-0.4, -0.2) is 20.4 Å². The van der Waals surface area contributed by atoms with Gasteiger partial charge in [-0.3, -0.25) is 0 Å². The molecule has 2 heterocycles. The number of hydrogen-bond acceptors (Lipinski definition) is 6. The summed E-state index contributed by atoms with van der Waals surface area (Å²) in [5.41, 5.74) is 11.1. The van der Waals surface area contributed by atoms with E-state index in [4.69, 9.17) is 8.83 Å². The molecule has 6 heteroatoms. The van der Waals surface area contributed by atoms with Crippen LogP contribution in [-0.2, 0) is 28.1 Å². The van der Waals surface area contributed by atoms with Crippen LogP contribution in [0.25, 0.3) is 45.8 Å². The second-order valence-electron chi connectivity index (χ2n) is 18.0. The van der Waals surface area contributed by atoms with Gasteiger partial charge in [0.15, 0.2) is 0 Å². The molecule has 6 aromatic rings. The summed E-state index contributed by atoms with van der Waals surface area (Å²) >= 11 is 0. The van der Waals surface area contributed by atoms with E-state index in [0.29, 0.717) is 23.6 Å². The third-order valence-electron chi connectivity index (χ3n) is 9.48. The van der Waals surface area contributed by atoms with Crippen molar-refractivity contribution in [3.05, 3.63) is 118 Å². The molecule has 4 aromatic carbocycles. The van der Waals surface area contributed by atoms with Crippen LogP contribution >= 0.6 is 0 Å². The van der Waals surface area contributed by atoms with Crippen molar-refractivity contribution >= 4 is 0 Å². The molecule has 2 aromatic heterocycles. The molecule has 0 radical (unpaired) electrons. The lowest BCUT2D eigenvalue weighted by Crippen LogP contribution is -2.16. The maximum absolute atomic E-state index is 6.23. The molecule has 0 saturated carbocycles. The predicted molar refractivity (Wildman–Crippen MR) is 208 cm³/mol. The molecule has 0 N–H and O–H groups in total. The Morgan fingerprint density at radius 3 is 0.863 bits per heavy atom. The van der Waals surface area contributed by atoms with Crippen LogP contribution in [0.1, 0.15) is 116 Å². The quantitative estimate of drug-likeness (QED) is 0.174. The topological polar surface area (TPSA) is 77.8 Å². The second kappa shape index (κ2) is 13.0. The first kappa shape index (κ1) is 36.0. The SMILES string of the molecule is CC(C)(C)c1cc(-c2nnc(-c3ccc(Cc4ccc(-c5nnc(-c6cc(C(C)(C)C)cc(C(C)(C)C)c6)o5)cc4)cc3)o2)cc(C(C)(C)C)c1. The summed E-state index contributed by atoms with van der Waals surface area (Å²) in [6.45, 7) is 26.7. The maximum Gasteiger partial charge on any atom is 0.248 e. The fourth-order valence-electron chi connectivity index (χ4n) is 5.91. The van der Waals surface area contributed by atoms with E-state index in [0.717, 1.165) is 28.7 Å². The summed E-state index contributed by atoms with van der Waals surface area (Å²) in [7, 11) is 0. The number of hydrogen-bond donors (Lipinski definition) is 0. The summed E-state index contributed by atoms with van der Waals surface area (Å²) in [6.07, 6.45) is 0.787. The zero-order valence-corrected chi connectivity index (χ0v) is 32.4. The minimum absolute atomic E-state index is 0.00128. The Balaban J connectivity index is 1.16. The van der Waals surface area contributed by atoms with E-state index < -0.39 is 0 Å². The average molecular weight is 681 g/mol. The highest BCUT2D eigenvalue weighted by Gasteiger charge is 2.24. The van der Waals surface area contributed by atoms with Gasteiger partial charge in [-0.2, -0.15) is 0 Å². The Hall–Kier alpha value is -4.84. The predicted octanol–water partition coefficient (Wildman–Crippen LogP) is 11.9. The molecular formula is C45H52N4O2. The Labute approximate surface area is 303 Å². The van der Waals surface area contributed by atoms with Crippen molar-refractivity contribution in [3.63, 3.8) is 0 Å². The first-order valence-corrected chi connectivity index (χ1v) is 17.9. The Morgan fingerprint density at radius 1 is 0.353 bits per heavy atom. The van der Waals surface area contributed by atoms with Crippen LogP contribution in [0.5, 0.6) is 0 Å². The van der Waals surface area contributed by atoms with Gasteiger partial charge in [0.25, 0.3) is 0 Å². The molecule has 0 aliphatic rings. The maximum atomic E-state index is 6.23. The minimum atomic E-state index is 0.00128. The first-order valence-electron chi connectivity index (χ1n) is 17.9. The smallest absolute Gasteiger partial charge is 0.248 e. The van der Waals surface area contributed by atoms with Gasteiger partial charge in [0.1, 0.15) is 0 Å². The summed E-state index contributed by atoms with van der Waals surface area (Å²) in [5, 5.41) is 17.7. The van der Waals surface area contributed by atoms with E-state index in [1.807, 2.05) is 24.3 Å². The molecule has 0 atom stereocenters. The molecule has 6 nitrogen and oxygen atoms in total. The van der Waals surface area contributed by atoms with E-state index in [1.54, 1.807) is 0 Å². The number of nitrogens with zero attached hydrogens (tertiary/aromatic N) is 4. The standard InChI is InChI=1S/C45H52N4O2/c1-42(2,3)34-22-32(23-35(26-34)43(4,5)6)40-48-46-38(50-40)30-17-13-28(14-18-30)21-29-15-19-31(20-16-29)39-47-49-41(51-39)33-24-36(44(7,8)9)27-37(25-33)45(10,11)12/h13-20,22-27H,21H2,1-12H3. The molecule has 6 rings (SSSR count). The zero-order chi connectivity index (χ0) is 36.9. The molecular weight excluding hydrogens is 629 g/mol. The molecule has 51 heavy (non-hydrogen) atoms. The minimum Gasteiger partial charge on any atom is -0.416 e. The normalized spacial score (nSPS) is 12.8. The van der Waals surface area contributed by atoms with Gasteiger partial charge < -0.3 is 8.83 Å². The molecule has 0 spiro atoms. The van der Waals surface area contributed by atoms with Crippen molar-refractivity contribution < 1.29 is 8.83 Å². The molecule has 0 saturated heterocycles. The van der Waals surface area contributed by atoms with Gasteiger partial charge in [0, 0.05) is 22.3 Å². The highest BCUT2D eigenvalue weighted by molar-refractivity contribution is 5.62. The lowest BCUT2D eigenvalue weighted by atomic mass is 9.79. The van der Waals surface area contributed by atoms with E-state index in [1.165, 1.54) is 33.4 Å². The van der Waals surface area contributed by atoms with Gasteiger partial charge in [-0.1, -0.05) is 119 Å². The highest BCUT2D eigenvalue weighted by atomic mass is 16.4. The lowest BCUT2D eigenvalue weighted by Gasteiger charge is -2.25. The van der Waals surface area contributed by atoms with Crippen LogP contribution < -0.4 is 0 Å². The molecule has 0 unspecified atom stereocenters. The molecule has 264 valence electrons. The van der Waals surface area contributed by atoms with Crippen LogP contribution in [0.3, 0.4) is 0 Å². The van der Waals surface area contributed by atoms with Crippen LogP contribution in [0.15, 0.2) is 93.8 Å². The van der Waals surface area contributed by atoms with Crippen LogP contribution in [0.4, 0.5) is 0 Å². The van der Waals surface area contributed by atoms with E-state index in [9.17, 15) is 0 Å². The van der Waals surface area contributed by atoms with Crippen molar-refractivity contribution in [2.75, 3.05) is 0 Å². The lowest BCUT2D eigenvalue weighted by molar-refractivity contribution is 0.563. The largest absolute Gasteiger partial charge is 0.416 e. The molecule has 0 aliphatic carbocycles. The molecule has 0 bridgehead atoms. The highest BCUT2D eigenvalue weighted by Crippen LogP contribution is 2.36. The monoisotopic (exact) mass is 680 g/mol. The molecule has 0 amide bonds. The summed E-state index contributed by atoms with van der Waals surface area (Å²) in [6, 6.07) is 30.0. The third-order valence-corrected chi connectivity index (χ3v) is 9.48. The third kappa shape index (κ3) is 8.22. The van der Waals surface area contributed by atoms with Gasteiger partial charge in [-0.05, 0) is 110 Å². The zero-order valence-electron chi connectivity index (χ0n) is 32.4. The van der Waals surface area contributed by atoms with Crippen molar-refractivity contribution in [2.24, 2.45) is 0 Å². The van der Waals surface area contributed by atoms with E-state index in [2.05, 4.69) is 164 Å². The number of rotatable bonds is 6. The fourth-order valence-corrected chi connectivity index (χ4v) is 5.91. The van der Waals surface area contributed by atoms with E-state index >= 15 is 0 Å². The summed E-state index contributed by atoms with van der Waals surface area (Å²) in [4.78, 5) is 0. The first-order chi connectivity index (χ1) is 23.7. The Bertz CT molecular complexity index is 1920. The van der Waals surface area contributed by atoms with Gasteiger partial charge in [0.05, 0.1) is 0 Å².